The van der Waals surface area contributed by atoms with E-state index in [1.54, 1.807) is 0 Å². The molecule has 0 aromatic heterocycles. The Morgan fingerprint density at radius 2 is 1.92 bits per heavy atom. The van der Waals surface area contributed by atoms with Crippen LogP contribution in [0.2, 0.25) is 0 Å². The monoisotopic (exact) mass is 381 g/mol. The van der Waals surface area contributed by atoms with Crippen LogP contribution in [0.4, 0.5) is 0 Å². The second-order valence-corrected chi connectivity index (χ2v) is 11.0. The molecule has 0 atom stereocenters. The van der Waals surface area contributed by atoms with Crippen molar-refractivity contribution < 1.29 is 13.2 Å². The predicted octanol–water partition coefficient (Wildman–Crippen LogP) is 4.57. The summed E-state index contributed by atoms with van der Waals surface area (Å²) in [5, 5.41) is 0. The molecular formula is C9H13Br2Ru-. The number of rotatable bonds is 0. The molecule has 0 bridgehead atoms. The summed E-state index contributed by atoms with van der Waals surface area (Å²) in [6, 6.07) is 0. The zero-order valence-corrected chi connectivity index (χ0v) is 12.4. The molecule has 0 nitrogen and oxygen atoms in total. The Labute approximate surface area is 96.2 Å². The second kappa shape index (κ2) is 7.35. The van der Waals surface area contributed by atoms with Gasteiger partial charge in [-0.05, 0) is 6.92 Å². The summed E-state index contributed by atoms with van der Waals surface area (Å²) in [5.74, 6) is 1.48. The van der Waals surface area contributed by atoms with E-state index in [0.717, 1.165) is 6.42 Å². The average molecular weight is 382 g/mol. The van der Waals surface area contributed by atoms with Crippen LogP contribution in [0.3, 0.4) is 0 Å². The summed E-state index contributed by atoms with van der Waals surface area (Å²) in [7, 11) is 0. The minimum absolute atomic E-state index is 0.335. The molecule has 3 heteroatoms. The van der Waals surface area contributed by atoms with E-state index in [2.05, 4.69) is 60.2 Å². The molecule has 0 aromatic rings. The van der Waals surface area contributed by atoms with Crippen molar-refractivity contribution in [2.45, 2.75) is 27.2 Å². The van der Waals surface area contributed by atoms with Crippen LogP contribution in [-0.4, -0.2) is 0 Å². The van der Waals surface area contributed by atoms with Crippen LogP contribution in [-0.2, 0) is 13.2 Å². The van der Waals surface area contributed by atoms with E-state index in [0.29, 0.717) is 13.2 Å². The normalized spacial score (nSPS) is 16.2. The van der Waals surface area contributed by atoms with Gasteiger partial charge in [0.05, 0.1) is 0 Å². The van der Waals surface area contributed by atoms with Crippen LogP contribution in [0.15, 0.2) is 23.3 Å². The Balaban J connectivity index is 0.000000354. The Hall–Kier alpha value is 0.933. The Morgan fingerprint density at radius 1 is 1.42 bits per heavy atom. The van der Waals surface area contributed by atoms with Gasteiger partial charge >= 0.3 is 40.5 Å². The first-order chi connectivity index (χ1) is 5.60. The van der Waals surface area contributed by atoms with E-state index in [9.17, 15) is 0 Å². The van der Waals surface area contributed by atoms with Crippen molar-refractivity contribution in [3.05, 3.63) is 29.2 Å². The van der Waals surface area contributed by atoms with Crippen molar-refractivity contribution >= 4 is 27.2 Å². The summed E-state index contributed by atoms with van der Waals surface area (Å²) in [6.45, 7) is 6.51. The number of allylic oxidation sites excluding steroid dienone is 4. The molecule has 0 heterocycles. The van der Waals surface area contributed by atoms with Crippen LogP contribution in [0, 0.1) is 5.92 Å². The van der Waals surface area contributed by atoms with Gasteiger partial charge in [-0.25, -0.2) is 12.0 Å². The Morgan fingerprint density at radius 3 is 2.25 bits per heavy atom. The summed E-state index contributed by atoms with van der Waals surface area (Å²) < 4.78 is 0. The standard InChI is InChI=1S/C9H13.2BrH.Ru/c1-7-4-8(2)6-9(3)5-7;;;/h4-5H,6H2,1-3H3;2*1H;/q-1;;;+2/p-2. The van der Waals surface area contributed by atoms with E-state index in [4.69, 9.17) is 0 Å². The Bertz CT molecular complexity index is 185. The summed E-state index contributed by atoms with van der Waals surface area (Å²) in [6.07, 6.45) is 5.65. The fourth-order valence-electron chi connectivity index (χ4n) is 1.36. The third kappa shape index (κ3) is 6.45. The van der Waals surface area contributed by atoms with E-state index in [1.807, 2.05) is 0 Å². The number of halogens is 2. The molecule has 0 N–H and O–H groups in total. The van der Waals surface area contributed by atoms with Gasteiger partial charge < -0.3 is 0 Å². The van der Waals surface area contributed by atoms with E-state index in [-0.39, 0.29) is 0 Å². The van der Waals surface area contributed by atoms with Gasteiger partial charge in [-0.3, -0.25) is 0 Å². The van der Waals surface area contributed by atoms with Gasteiger partial charge in [-0.2, -0.15) is 5.57 Å². The minimum atomic E-state index is 0.335. The average Bonchev–Trinajstić information content (AvgIpc) is 1.84. The molecule has 1 rings (SSSR count). The third-order valence-corrected chi connectivity index (χ3v) is 1.51. The van der Waals surface area contributed by atoms with Crippen LogP contribution >= 0.6 is 27.2 Å². The maximum atomic E-state index is 3.15. The molecule has 72 valence electrons. The van der Waals surface area contributed by atoms with Crippen LogP contribution in [0.25, 0.3) is 0 Å². The van der Waals surface area contributed by atoms with Crippen LogP contribution in [0.1, 0.15) is 27.2 Å². The van der Waals surface area contributed by atoms with Gasteiger partial charge in [-0.15, -0.1) is 25.5 Å². The van der Waals surface area contributed by atoms with Gasteiger partial charge in [0.2, 0.25) is 0 Å². The first kappa shape index (κ1) is 12.9. The summed E-state index contributed by atoms with van der Waals surface area (Å²) in [4.78, 5) is 0. The van der Waals surface area contributed by atoms with Crippen molar-refractivity contribution in [3.63, 3.8) is 0 Å². The van der Waals surface area contributed by atoms with Gasteiger partial charge in [0.25, 0.3) is 0 Å². The van der Waals surface area contributed by atoms with Gasteiger partial charge in [0.1, 0.15) is 0 Å². The molecule has 0 aromatic carbocycles. The number of hydrogen-bond acceptors (Lipinski definition) is 0. The molecule has 0 spiro atoms. The van der Waals surface area contributed by atoms with Crippen LogP contribution in [0.5, 0.6) is 0 Å². The molecule has 12 heavy (non-hydrogen) atoms. The van der Waals surface area contributed by atoms with E-state index >= 15 is 0 Å². The van der Waals surface area contributed by atoms with Crippen molar-refractivity contribution in [1.29, 1.82) is 0 Å². The maximum absolute atomic E-state index is 3.15. The second-order valence-electron chi connectivity index (χ2n) is 2.95. The van der Waals surface area contributed by atoms with Gasteiger partial charge in [0, 0.05) is 0 Å². The molecule has 0 radical (unpaired) electrons. The van der Waals surface area contributed by atoms with Crippen molar-refractivity contribution in [3.8, 4) is 0 Å². The first-order valence-corrected chi connectivity index (χ1v) is 11.6. The molecule has 0 amide bonds. The fourth-order valence-corrected chi connectivity index (χ4v) is 1.36. The fraction of sp³-hybridized carbons (Fsp3) is 0.444. The molecule has 1 aliphatic rings. The molecular weight excluding hydrogens is 369 g/mol. The van der Waals surface area contributed by atoms with Gasteiger partial charge in [-0.1, -0.05) is 6.42 Å². The topological polar surface area (TPSA) is 0 Å². The van der Waals surface area contributed by atoms with Gasteiger partial charge in [0.15, 0.2) is 0 Å². The predicted molar refractivity (Wildman–Crippen MR) is 58.9 cm³/mol. The third-order valence-electron chi connectivity index (χ3n) is 1.51. The molecule has 0 unspecified atom stereocenters. The molecule has 0 aliphatic heterocycles. The van der Waals surface area contributed by atoms with Crippen LogP contribution < -0.4 is 0 Å². The quantitative estimate of drug-likeness (QED) is 0.426. The van der Waals surface area contributed by atoms with Crippen molar-refractivity contribution in [2.75, 3.05) is 0 Å². The van der Waals surface area contributed by atoms with Crippen molar-refractivity contribution in [2.24, 2.45) is 0 Å². The number of hydrogen-bond donors (Lipinski definition) is 0. The molecule has 0 saturated carbocycles. The zero-order chi connectivity index (χ0) is 9.56. The SMILES string of the molecule is CC1=C[C-](C)CC(C)=C1.[Br][Ru][Br]. The van der Waals surface area contributed by atoms with E-state index in [1.165, 1.54) is 17.1 Å². The molecule has 1 aliphatic carbocycles. The molecule has 0 fully saturated rings. The molecule has 0 saturated heterocycles. The zero-order valence-electron chi connectivity index (χ0n) is 7.47. The Kier molecular flexibility index (Phi) is 7.92. The summed E-state index contributed by atoms with van der Waals surface area (Å²) in [5.41, 5.74) is 2.86. The summed E-state index contributed by atoms with van der Waals surface area (Å²) >= 11 is 6.64. The van der Waals surface area contributed by atoms with E-state index < -0.39 is 0 Å². The first-order valence-electron chi connectivity index (χ1n) is 3.63. The van der Waals surface area contributed by atoms with Crippen molar-refractivity contribution in [1.82, 2.24) is 0 Å².